The number of rotatable bonds is 6. The van der Waals surface area contributed by atoms with E-state index < -0.39 is 0 Å². The summed E-state index contributed by atoms with van der Waals surface area (Å²) < 4.78 is 0. The molecule has 0 aliphatic rings. The lowest BCUT2D eigenvalue weighted by molar-refractivity contribution is -0.118. The molecular weight excluding hydrogens is 376 g/mol. The molecule has 7 nitrogen and oxygen atoms in total. The zero-order valence-corrected chi connectivity index (χ0v) is 16.3. The summed E-state index contributed by atoms with van der Waals surface area (Å²) in [5, 5.41) is 25.1. The number of carbonyl (C=O) groups is 1. The minimum absolute atomic E-state index is 0.0743. The van der Waals surface area contributed by atoms with Gasteiger partial charge in [0.15, 0.2) is 0 Å². The Hall–Kier alpha value is -2.97. The first-order chi connectivity index (χ1) is 13.5. The summed E-state index contributed by atoms with van der Waals surface area (Å²) >= 11 is 1.32. The van der Waals surface area contributed by atoms with Crippen LogP contribution in [0.3, 0.4) is 0 Å². The number of amides is 1. The number of pyridine rings is 2. The van der Waals surface area contributed by atoms with Crippen LogP contribution in [0.25, 0.3) is 10.9 Å². The van der Waals surface area contributed by atoms with Crippen LogP contribution >= 0.6 is 11.8 Å². The molecule has 2 aromatic heterocycles. The van der Waals surface area contributed by atoms with Crippen LogP contribution in [0.15, 0.2) is 46.7 Å². The number of nitrogens with one attached hydrogen (secondary N) is 1. The van der Waals surface area contributed by atoms with Crippen LogP contribution in [0.2, 0.25) is 0 Å². The number of aryl methyl sites for hydroxylation is 2. The van der Waals surface area contributed by atoms with Gasteiger partial charge in [0.1, 0.15) is 5.75 Å². The molecule has 0 aliphatic carbocycles. The van der Waals surface area contributed by atoms with E-state index in [0.717, 1.165) is 21.5 Å². The lowest BCUT2D eigenvalue weighted by atomic mass is 10.1. The first-order valence-corrected chi connectivity index (χ1v) is 9.57. The van der Waals surface area contributed by atoms with Gasteiger partial charge in [-0.15, -0.1) is 0 Å². The number of aromatic nitrogens is 2. The highest BCUT2D eigenvalue weighted by molar-refractivity contribution is 7.99. The Bertz CT molecular complexity index is 1050. The third-order valence-corrected chi connectivity index (χ3v) is 5.07. The lowest BCUT2D eigenvalue weighted by Gasteiger charge is -2.07. The van der Waals surface area contributed by atoms with Gasteiger partial charge in [-0.05, 0) is 31.5 Å². The minimum atomic E-state index is -0.301. The predicted octanol–water partition coefficient (Wildman–Crippen LogP) is 2.69. The van der Waals surface area contributed by atoms with Crippen molar-refractivity contribution in [2.45, 2.75) is 25.5 Å². The number of carbonyl (C=O) groups excluding carboxylic acids is 1. The fourth-order valence-corrected chi connectivity index (χ4v) is 3.42. The highest BCUT2D eigenvalue weighted by Gasteiger charge is 2.10. The van der Waals surface area contributed by atoms with Crippen LogP contribution in [-0.2, 0) is 11.4 Å². The van der Waals surface area contributed by atoms with Crippen molar-refractivity contribution >= 4 is 34.8 Å². The van der Waals surface area contributed by atoms with Crippen molar-refractivity contribution in [2.24, 2.45) is 5.10 Å². The van der Waals surface area contributed by atoms with Gasteiger partial charge >= 0.3 is 0 Å². The minimum Gasteiger partial charge on any atom is -0.505 e. The molecule has 0 saturated heterocycles. The Kier molecular flexibility index (Phi) is 6.23. The van der Waals surface area contributed by atoms with E-state index in [2.05, 4.69) is 20.5 Å². The predicted molar refractivity (Wildman–Crippen MR) is 110 cm³/mol. The van der Waals surface area contributed by atoms with Gasteiger partial charge < -0.3 is 10.2 Å². The summed E-state index contributed by atoms with van der Waals surface area (Å²) in [6.07, 6.45) is 2.76. The van der Waals surface area contributed by atoms with Crippen molar-refractivity contribution in [3.8, 4) is 5.75 Å². The third kappa shape index (κ3) is 4.47. The molecule has 144 valence electrons. The first-order valence-electron chi connectivity index (χ1n) is 8.59. The molecular formula is C20H20N4O3S. The topological polar surface area (TPSA) is 108 Å². The number of nitrogens with zero attached hydrogens (tertiary/aromatic N) is 3. The molecule has 0 fully saturated rings. The van der Waals surface area contributed by atoms with Crippen molar-refractivity contribution in [1.29, 1.82) is 0 Å². The largest absolute Gasteiger partial charge is 0.505 e. The third-order valence-electron chi connectivity index (χ3n) is 4.16. The van der Waals surface area contributed by atoms with Gasteiger partial charge in [0.25, 0.3) is 0 Å². The monoisotopic (exact) mass is 396 g/mol. The number of hydrogen-bond acceptors (Lipinski definition) is 7. The first kappa shape index (κ1) is 19.8. The summed E-state index contributed by atoms with van der Waals surface area (Å²) in [5.41, 5.74) is 5.58. The highest BCUT2D eigenvalue weighted by Crippen LogP contribution is 2.24. The van der Waals surface area contributed by atoms with Crippen LogP contribution in [-0.4, -0.2) is 38.1 Å². The Labute approximate surface area is 166 Å². The molecule has 0 aliphatic heterocycles. The van der Waals surface area contributed by atoms with Crippen molar-refractivity contribution in [3.63, 3.8) is 0 Å². The van der Waals surface area contributed by atoms with Gasteiger partial charge in [-0.1, -0.05) is 30.0 Å². The second-order valence-corrected chi connectivity index (χ2v) is 7.16. The summed E-state index contributed by atoms with van der Waals surface area (Å²) in [4.78, 5) is 20.6. The van der Waals surface area contributed by atoms with E-state index >= 15 is 0 Å². The van der Waals surface area contributed by atoms with Crippen LogP contribution in [0.1, 0.15) is 22.4 Å². The maximum atomic E-state index is 12.1. The summed E-state index contributed by atoms with van der Waals surface area (Å²) in [6.45, 7) is 3.36. The Balaban J connectivity index is 1.63. The van der Waals surface area contributed by atoms with E-state index in [0.29, 0.717) is 16.8 Å². The van der Waals surface area contributed by atoms with Crippen molar-refractivity contribution in [1.82, 2.24) is 15.4 Å². The number of aliphatic hydroxyl groups is 1. The van der Waals surface area contributed by atoms with Crippen LogP contribution in [0.4, 0.5) is 0 Å². The van der Waals surface area contributed by atoms with E-state index in [4.69, 9.17) is 0 Å². The average molecular weight is 396 g/mol. The molecule has 0 unspecified atom stereocenters. The molecule has 3 N–H and O–H groups in total. The van der Waals surface area contributed by atoms with Gasteiger partial charge in [-0.3, -0.25) is 9.78 Å². The number of para-hydroxylation sites is 1. The zero-order valence-electron chi connectivity index (χ0n) is 15.5. The Morgan fingerprint density at radius 2 is 2.11 bits per heavy atom. The number of aliphatic hydroxyl groups excluding tert-OH is 1. The number of aromatic hydroxyl groups is 1. The standard InChI is InChI=1S/C20H20N4O3S/c1-12-7-19(23-17-6-4-3-5-15(12)17)28-11-18(26)24-22-9-16-14(10-25)8-21-13(2)20(16)27/h3-9,25,27H,10-11H2,1-2H3,(H,24,26). The SMILES string of the molecule is Cc1ncc(CO)c(C=NNC(=O)CSc2cc(C)c3ccccc3n2)c1O. The van der Waals surface area contributed by atoms with E-state index in [1.807, 2.05) is 37.3 Å². The normalized spacial score (nSPS) is 11.2. The molecule has 3 aromatic rings. The lowest BCUT2D eigenvalue weighted by Crippen LogP contribution is -2.19. The summed E-state index contributed by atoms with van der Waals surface area (Å²) in [6, 6.07) is 9.82. The number of thioether (sulfide) groups is 1. The molecule has 3 rings (SSSR count). The number of fused-ring (bicyclic) bond motifs is 1. The summed E-state index contributed by atoms with van der Waals surface area (Å²) in [5.74, 6) is -0.226. The molecule has 28 heavy (non-hydrogen) atoms. The van der Waals surface area contributed by atoms with E-state index in [1.165, 1.54) is 24.2 Å². The smallest absolute Gasteiger partial charge is 0.250 e. The van der Waals surface area contributed by atoms with Crippen molar-refractivity contribution in [2.75, 3.05) is 5.75 Å². The van der Waals surface area contributed by atoms with Gasteiger partial charge in [0, 0.05) is 22.7 Å². The quantitative estimate of drug-likeness (QED) is 0.336. The molecule has 0 radical (unpaired) electrons. The second kappa shape index (κ2) is 8.81. The maximum absolute atomic E-state index is 12.1. The number of hydrazone groups is 1. The molecule has 1 amide bonds. The van der Waals surface area contributed by atoms with Gasteiger partial charge in [0.2, 0.25) is 5.91 Å². The summed E-state index contributed by atoms with van der Waals surface area (Å²) in [7, 11) is 0. The zero-order chi connectivity index (χ0) is 20.1. The molecule has 0 atom stereocenters. The molecule has 2 heterocycles. The van der Waals surface area contributed by atoms with Crippen LogP contribution < -0.4 is 5.43 Å². The van der Waals surface area contributed by atoms with Crippen LogP contribution in [0.5, 0.6) is 5.75 Å². The van der Waals surface area contributed by atoms with Crippen molar-refractivity contribution < 1.29 is 15.0 Å². The van der Waals surface area contributed by atoms with E-state index in [-0.39, 0.29) is 24.0 Å². The van der Waals surface area contributed by atoms with Crippen LogP contribution in [0, 0.1) is 13.8 Å². The number of benzene rings is 1. The fourth-order valence-electron chi connectivity index (χ4n) is 2.66. The van der Waals surface area contributed by atoms with Crippen molar-refractivity contribution in [3.05, 3.63) is 58.9 Å². The van der Waals surface area contributed by atoms with E-state index in [9.17, 15) is 15.0 Å². The van der Waals surface area contributed by atoms with Gasteiger partial charge in [0.05, 0.1) is 34.8 Å². The van der Waals surface area contributed by atoms with Gasteiger partial charge in [-0.2, -0.15) is 5.10 Å². The Morgan fingerprint density at radius 1 is 1.32 bits per heavy atom. The Morgan fingerprint density at radius 3 is 2.89 bits per heavy atom. The molecule has 8 heteroatoms. The molecule has 0 bridgehead atoms. The van der Waals surface area contributed by atoms with E-state index in [1.54, 1.807) is 6.92 Å². The molecule has 1 aromatic carbocycles. The van der Waals surface area contributed by atoms with Gasteiger partial charge in [-0.25, -0.2) is 10.4 Å². The highest BCUT2D eigenvalue weighted by atomic mass is 32.2. The molecule has 0 saturated carbocycles. The maximum Gasteiger partial charge on any atom is 0.250 e. The average Bonchev–Trinajstić information content (AvgIpc) is 2.70. The second-order valence-electron chi connectivity index (χ2n) is 6.17. The molecule has 0 spiro atoms. The number of hydrogen-bond donors (Lipinski definition) is 3. The fraction of sp³-hybridized carbons (Fsp3) is 0.200.